The van der Waals surface area contributed by atoms with Crippen molar-refractivity contribution in [3.8, 4) is 11.5 Å². The normalized spacial score (nSPS) is 19.6. The van der Waals surface area contributed by atoms with Gasteiger partial charge in [-0.05, 0) is 18.2 Å². The molecule has 1 heterocycles. The Hall–Kier alpha value is -2.28. The lowest BCUT2D eigenvalue weighted by Crippen LogP contribution is -3.11. The van der Waals surface area contributed by atoms with Gasteiger partial charge in [0.1, 0.15) is 17.5 Å². The molecule has 1 aromatic rings. The minimum atomic E-state index is -0.203. The van der Waals surface area contributed by atoms with Crippen LogP contribution in [0.3, 0.4) is 0 Å². The van der Waals surface area contributed by atoms with E-state index in [9.17, 15) is 9.59 Å². The Kier molecular flexibility index (Phi) is 6.43. The minimum Gasteiger partial charge on any atom is -0.497 e. The quantitative estimate of drug-likeness (QED) is 0.614. The second-order valence-electron chi connectivity index (χ2n) is 5.84. The molecule has 0 aliphatic carbocycles. The molecule has 2 amide bonds. The number of carbonyl (C=O) groups is 2. The summed E-state index contributed by atoms with van der Waals surface area (Å²) in [6, 6.07) is 5.93. The third-order valence-corrected chi connectivity index (χ3v) is 4.41. The number of carbonyl (C=O) groups excluding carboxylic acids is 2. The number of likely N-dealkylation sites (tertiary alicyclic amines) is 1. The highest BCUT2D eigenvalue weighted by Crippen LogP contribution is 2.31. The number of hydrogen-bond donors (Lipinski definition) is 3. The van der Waals surface area contributed by atoms with Crippen LogP contribution in [-0.2, 0) is 9.59 Å². The molecular weight excluding hydrogens is 310 g/mol. The Labute approximate surface area is 142 Å². The number of quaternary nitrogens is 1. The Morgan fingerprint density at radius 2 is 2.04 bits per heavy atom. The smallest absolute Gasteiger partial charge is 0.275 e. The van der Waals surface area contributed by atoms with Crippen molar-refractivity contribution >= 4 is 11.8 Å². The lowest BCUT2D eigenvalue weighted by molar-refractivity contribution is -0.910. The largest absolute Gasteiger partial charge is 0.497 e. The van der Waals surface area contributed by atoms with Gasteiger partial charge in [-0.1, -0.05) is 0 Å². The fraction of sp³-hybridized carbons (Fsp3) is 0.529. The van der Waals surface area contributed by atoms with Crippen molar-refractivity contribution in [2.45, 2.75) is 18.9 Å². The van der Waals surface area contributed by atoms with E-state index in [1.54, 1.807) is 21.3 Å². The molecule has 1 aliphatic rings. The summed E-state index contributed by atoms with van der Waals surface area (Å²) in [7, 11) is 4.83. The van der Waals surface area contributed by atoms with Crippen LogP contribution in [0, 0.1) is 0 Å². The van der Waals surface area contributed by atoms with Crippen LogP contribution in [0.5, 0.6) is 11.5 Å². The number of ether oxygens (including phenoxy) is 2. The maximum atomic E-state index is 12.1. The summed E-state index contributed by atoms with van der Waals surface area (Å²) in [6.45, 7) is 1.26. The summed E-state index contributed by atoms with van der Waals surface area (Å²) in [5, 5.41) is 5.14. The summed E-state index contributed by atoms with van der Waals surface area (Å²) in [6.07, 6.45) is 2.03. The Morgan fingerprint density at radius 1 is 1.25 bits per heavy atom. The molecule has 24 heavy (non-hydrogen) atoms. The molecule has 132 valence electrons. The van der Waals surface area contributed by atoms with Crippen LogP contribution in [0.1, 0.15) is 24.4 Å². The van der Waals surface area contributed by atoms with E-state index in [0.717, 1.165) is 36.4 Å². The molecule has 2 rings (SSSR count). The zero-order chi connectivity index (χ0) is 17.5. The number of likely N-dealkylation sites (N-methyl/N-ethyl adjacent to an activating group) is 1. The molecule has 0 bridgehead atoms. The third-order valence-electron chi connectivity index (χ3n) is 4.41. The van der Waals surface area contributed by atoms with Gasteiger partial charge in [0, 0.05) is 19.9 Å². The van der Waals surface area contributed by atoms with Crippen LogP contribution in [0.15, 0.2) is 18.2 Å². The SMILES string of the molecule is CNC(=O)CNC(=O)C[NH+]1CCC[C@H]1c1cc(OC)ccc1OC. The number of rotatable bonds is 7. The summed E-state index contributed by atoms with van der Waals surface area (Å²) in [5.41, 5.74) is 1.06. The van der Waals surface area contributed by atoms with E-state index < -0.39 is 0 Å². The first kappa shape index (κ1) is 18.1. The summed E-state index contributed by atoms with van der Waals surface area (Å²) >= 11 is 0. The molecule has 0 radical (unpaired) electrons. The molecule has 1 aromatic carbocycles. The highest BCUT2D eigenvalue weighted by Gasteiger charge is 2.33. The average Bonchev–Trinajstić information content (AvgIpc) is 3.06. The number of amides is 2. The second-order valence-corrected chi connectivity index (χ2v) is 5.84. The van der Waals surface area contributed by atoms with E-state index in [-0.39, 0.29) is 24.4 Å². The van der Waals surface area contributed by atoms with E-state index >= 15 is 0 Å². The Balaban J connectivity index is 2.07. The molecular formula is C17H26N3O4+. The minimum absolute atomic E-state index is 0.00968. The van der Waals surface area contributed by atoms with Crippen molar-refractivity contribution in [1.29, 1.82) is 0 Å². The molecule has 1 fully saturated rings. The van der Waals surface area contributed by atoms with Crippen LogP contribution >= 0.6 is 0 Å². The monoisotopic (exact) mass is 336 g/mol. The molecule has 3 N–H and O–H groups in total. The lowest BCUT2D eigenvalue weighted by Gasteiger charge is -2.23. The number of hydrogen-bond acceptors (Lipinski definition) is 4. The van der Waals surface area contributed by atoms with Gasteiger partial charge >= 0.3 is 0 Å². The van der Waals surface area contributed by atoms with E-state index in [2.05, 4.69) is 10.6 Å². The van der Waals surface area contributed by atoms with Crippen molar-refractivity contribution in [3.05, 3.63) is 23.8 Å². The molecule has 0 saturated carbocycles. The predicted octanol–water partition coefficient (Wildman–Crippen LogP) is -0.714. The van der Waals surface area contributed by atoms with Gasteiger partial charge in [-0.3, -0.25) is 9.59 Å². The lowest BCUT2D eigenvalue weighted by atomic mass is 10.0. The van der Waals surface area contributed by atoms with Crippen molar-refractivity contribution in [2.24, 2.45) is 0 Å². The zero-order valence-corrected chi connectivity index (χ0v) is 14.5. The van der Waals surface area contributed by atoms with E-state index in [0.29, 0.717) is 6.54 Å². The molecule has 0 aromatic heterocycles. The van der Waals surface area contributed by atoms with Gasteiger partial charge in [-0.25, -0.2) is 0 Å². The van der Waals surface area contributed by atoms with Crippen LogP contribution in [0.4, 0.5) is 0 Å². The van der Waals surface area contributed by atoms with Crippen molar-refractivity contribution < 1.29 is 24.0 Å². The van der Waals surface area contributed by atoms with Gasteiger partial charge in [0.2, 0.25) is 5.91 Å². The molecule has 2 atom stereocenters. The molecule has 1 unspecified atom stereocenters. The molecule has 1 aliphatic heterocycles. The van der Waals surface area contributed by atoms with E-state index in [1.807, 2.05) is 18.2 Å². The first-order chi connectivity index (χ1) is 11.6. The number of benzene rings is 1. The molecule has 0 spiro atoms. The van der Waals surface area contributed by atoms with Gasteiger partial charge in [0.25, 0.3) is 5.91 Å². The molecule has 7 heteroatoms. The van der Waals surface area contributed by atoms with Gasteiger partial charge < -0.3 is 25.0 Å². The van der Waals surface area contributed by atoms with Gasteiger partial charge in [0.15, 0.2) is 6.54 Å². The van der Waals surface area contributed by atoms with Crippen molar-refractivity contribution in [3.63, 3.8) is 0 Å². The average molecular weight is 336 g/mol. The molecule has 1 saturated heterocycles. The van der Waals surface area contributed by atoms with E-state index in [1.165, 1.54) is 4.90 Å². The topological polar surface area (TPSA) is 81.1 Å². The summed E-state index contributed by atoms with van der Waals surface area (Å²) in [5.74, 6) is 1.26. The third kappa shape index (κ3) is 4.38. The predicted molar refractivity (Wildman–Crippen MR) is 89.3 cm³/mol. The van der Waals surface area contributed by atoms with Crippen molar-refractivity contribution in [2.75, 3.05) is 40.9 Å². The summed E-state index contributed by atoms with van der Waals surface area (Å²) < 4.78 is 10.8. The van der Waals surface area contributed by atoms with Crippen molar-refractivity contribution in [1.82, 2.24) is 10.6 Å². The standard InChI is InChI=1S/C17H25N3O4/c1-18-16(21)10-19-17(22)11-20-8-4-5-14(20)13-9-12(23-2)6-7-15(13)24-3/h6-7,9,14H,4-5,8,10-11H2,1-3H3,(H,18,21)(H,19,22)/p+1/t14-/m0/s1. The maximum absolute atomic E-state index is 12.1. The fourth-order valence-corrected chi connectivity index (χ4v) is 3.15. The first-order valence-electron chi connectivity index (χ1n) is 8.12. The van der Waals surface area contributed by atoms with Crippen LogP contribution in [0.2, 0.25) is 0 Å². The first-order valence-corrected chi connectivity index (χ1v) is 8.12. The highest BCUT2D eigenvalue weighted by atomic mass is 16.5. The Bertz CT molecular complexity index is 591. The van der Waals surface area contributed by atoms with Crippen LogP contribution in [-0.4, -0.2) is 52.7 Å². The second kappa shape index (κ2) is 8.54. The van der Waals surface area contributed by atoms with Crippen LogP contribution in [0.25, 0.3) is 0 Å². The Morgan fingerprint density at radius 3 is 2.71 bits per heavy atom. The highest BCUT2D eigenvalue weighted by molar-refractivity contribution is 5.84. The fourth-order valence-electron chi connectivity index (χ4n) is 3.15. The maximum Gasteiger partial charge on any atom is 0.275 e. The van der Waals surface area contributed by atoms with Gasteiger partial charge in [-0.2, -0.15) is 0 Å². The summed E-state index contributed by atoms with van der Waals surface area (Å²) in [4.78, 5) is 24.5. The molecule has 7 nitrogen and oxygen atoms in total. The van der Waals surface area contributed by atoms with Gasteiger partial charge in [-0.15, -0.1) is 0 Å². The number of methoxy groups -OCH3 is 2. The number of nitrogens with one attached hydrogen (secondary N) is 3. The van der Waals surface area contributed by atoms with Gasteiger partial charge in [0.05, 0.1) is 32.9 Å². The van der Waals surface area contributed by atoms with E-state index in [4.69, 9.17) is 9.47 Å². The zero-order valence-electron chi connectivity index (χ0n) is 14.5. The van der Waals surface area contributed by atoms with Crippen LogP contribution < -0.4 is 25.0 Å².